The Morgan fingerprint density at radius 1 is 1.29 bits per heavy atom. The lowest BCUT2D eigenvalue weighted by Crippen LogP contribution is -2.46. The average Bonchev–Trinajstić information content (AvgIpc) is 3.39. The minimum absolute atomic E-state index is 0.194. The number of halogens is 1. The molecule has 2 aliphatic rings. The van der Waals surface area contributed by atoms with Crippen molar-refractivity contribution in [3.05, 3.63) is 24.0 Å². The van der Waals surface area contributed by atoms with Crippen molar-refractivity contribution in [1.82, 2.24) is 15.5 Å². The maximum Gasteiger partial charge on any atom is 0.414 e. The van der Waals surface area contributed by atoms with Crippen molar-refractivity contribution < 1.29 is 18.7 Å². The van der Waals surface area contributed by atoms with Gasteiger partial charge in [-0.3, -0.25) is 9.69 Å². The molecule has 0 bridgehead atoms. The number of thioether (sulfide) groups is 1. The molecule has 0 saturated carbocycles. The first-order valence-electron chi connectivity index (χ1n) is 9.84. The molecule has 31 heavy (non-hydrogen) atoms. The van der Waals surface area contributed by atoms with Gasteiger partial charge in [0.1, 0.15) is 11.9 Å². The summed E-state index contributed by atoms with van der Waals surface area (Å²) in [4.78, 5) is 28.8. The van der Waals surface area contributed by atoms with E-state index in [-0.39, 0.29) is 24.8 Å². The minimum atomic E-state index is -0.544. The van der Waals surface area contributed by atoms with Gasteiger partial charge < -0.3 is 19.9 Å². The van der Waals surface area contributed by atoms with Crippen molar-refractivity contribution in [1.29, 1.82) is 0 Å². The monoisotopic (exact) mass is 466 g/mol. The Balaban J connectivity index is 1.38. The topological polar surface area (TPSA) is 90.9 Å². The molecule has 4 rings (SSSR count). The molecule has 166 valence electrons. The number of cyclic esters (lactones) is 1. The molecule has 2 aliphatic heterocycles. The van der Waals surface area contributed by atoms with E-state index in [9.17, 15) is 14.0 Å². The second-order valence-electron chi connectivity index (χ2n) is 7.22. The second-order valence-corrected chi connectivity index (χ2v) is 9.23. The molecule has 12 heteroatoms. The summed E-state index contributed by atoms with van der Waals surface area (Å²) in [5.74, 6) is -0.578. The van der Waals surface area contributed by atoms with E-state index in [1.807, 2.05) is 11.2 Å². The molecule has 1 unspecified atom stereocenters. The van der Waals surface area contributed by atoms with Crippen molar-refractivity contribution in [2.45, 2.75) is 17.4 Å². The standard InChI is InChI=1S/C19H23FN6O3S2/c1-12(27)21-10-14-11-26(19(28)29-14)13-3-4-16(15(20)9-13)24-5-7-25(8-6-24)17-22-23-18(30-2)31-17/h3-4,9,14H,5-8,10-11H2,1-2H3,(H,21,27). The Kier molecular flexibility index (Phi) is 6.46. The van der Waals surface area contributed by atoms with E-state index < -0.39 is 12.2 Å². The molecule has 0 spiro atoms. The number of anilines is 3. The van der Waals surface area contributed by atoms with Gasteiger partial charge in [-0.05, 0) is 24.5 Å². The van der Waals surface area contributed by atoms with Crippen molar-refractivity contribution in [3.63, 3.8) is 0 Å². The molecular formula is C19H23FN6O3S2. The van der Waals surface area contributed by atoms with Gasteiger partial charge in [-0.15, -0.1) is 10.2 Å². The summed E-state index contributed by atoms with van der Waals surface area (Å²) in [6, 6.07) is 4.78. The third-order valence-corrected chi connectivity index (χ3v) is 7.12. The highest BCUT2D eigenvalue weighted by Gasteiger charge is 2.33. The first kappa shape index (κ1) is 21.6. The Labute approximate surface area is 187 Å². The second kappa shape index (κ2) is 9.27. The van der Waals surface area contributed by atoms with Crippen molar-refractivity contribution >= 4 is 51.6 Å². The van der Waals surface area contributed by atoms with Crippen LogP contribution in [0.5, 0.6) is 0 Å². The Morgan fingerprint density at radius 2 is 2.03 bits per heavy atom. The van der Waals surface area contributed by atoms with Crippen LogP contribution < -0.4 is 20.0 Å². The number of hydrogen-bond donors (Lipinski definition) is 1. The third-order valence-electron chi connectivity index (χ3n) is 5.16. The molecule has 9 nitrogen and oxygen atoms in total. The van der Waals surface area contributed by atoms with Crippen LogP contribution in [0.4, 0.5) is 25.7 Å². The normalized spacial score (nSPS) is 19.0. The molecule has 1 atom stereocenters. The molecule has 0 aliphatic carbocycles. The van der Waals surface area contributed by atoms with Gasteiger partial charge in [-0.25, -0.2) is 9.18 Å². The summed E-state index contributed by atoms with van der Waals surface area (Å²) in [5.41, 5.74) is 0.946. The highest BCUT2D eigenvalue weighted by Crippen LogP contribution is 2.30. The molecular weight excluding hydrogens is 443 g/mol. The Morgan fingerprint density at radius 3 is 2.68 bits per heavy atom. The lowest BCUT2D eigenvalue weighted by atomic mass is 10.2. The van der Waals surface area contributed by atoms with Crippen LogP contribution in [0, 0.1) is 5.82 Å². The van der Waals surface area contributed by atoms with Gasteiger partial charge in [0.25, 0.3) is 0 Å². The van der Waals surface area contributed by atoms with Crippen LogP contribution in [0.25, 0.3) is 0 Å². The highest BCUT2D eigenvalue weighted by atomic mass is 32.2. The maximum absolute atomic E-state index is 14.9. The number of aromatic nitrogens is 2. The fraction of sp³-hybridized carbons (Fsp3) is 0.474. The smallest absolute Gasteiger partial charge is 0.414 e. The van der Waals surface area contributed by atoms with Gasteiger partial charge >= 0.3 is 6.09 Å². The average molecular weight is 467 g/mol. The molecule has 1 aromatic heterocycles. The number of amides is 2. The molecule has 2 amide bonds. The number of piperazine rings is 1. The number of nitrogens with one attached hydrogen (secondary N) is 1. The van der Waals surface area contributed by atoms with Gasteiger partial charge in [0.2, 0.25) is 11.0 Å². The number of nitrogens with zero attached hydrogens (tertiary/aromatic N) is 5. The van der Waals surface area contributed by atoms with Gasteiger partial charge in [0.05, 0.1) is 24.5 Å². The van der Waals surface area contributed by atoms with Gasteiger partial charge in [-0.2, -0.15) is 0 Å². The van der Waals surface area contributed by atoms with E-state index in [0.717, 1.165) is 22.6 Å². The lowest BCUT2D eigenvalue weighted by Gasteiger charge is -2.36. The summed E-state index contributed by atoms with van der Waals surface area (Å²) in [7, 11) is 0. The highest BCUT2D eigenvalue weighted by molar-refractivity contribution is 8.00. The van der Waals surface area contributed by atoms with Crippen LogP contribution in [0.1, 0.15) is 6.92 Å². The largest absolute Gasteiger partial charge is 0.442 e. The molecule has 3 heterocycles. The number of benzene rings is 1. The van der Waals surface area contributed by atoms with E-state index in [1.165, 1.54) is 17.9 Å². The van der Waals surface area contributed by atoms with Crippen LogP contribution >= 0.6 is 23.1 Å². The number of ether oxygens (including phenoxy) is 1. The summed E-state index contributed by atoms with van der Waals surface area (Å²) in [6.07, 6.45) is 0.969. The van der Waals surface area contributed by atoms with Crippen LogP contribution in [0.2, 0.25) is 0 Å². The van der Waals surface area contributed by atoms with Gasteiger partial charge in [0.15, 0.2) is 4.34 Å². The predicted molar refractivity (Wildman–Crippen MR) is 119 cm³/mol. The number of carbonyl (C=O) groups excluding carboxylic acids is 2. The fourth-order valence-corrected chi connectivity index (χ4v) is 4.88. The molecule has 0 radical (unpaired) electrons. The number of rotatable bonds is 6. The molecule has 2 saturated heterocycles. The van der Waals surface area contributed by atoms with Crippen LogP contribution in [0.15, 0.2) is 22.5 Å². The van der Waals surface area contributed by atoms with Crippen molar-refractivity contribution in [3.8, 4) is 0 Å². The number of hydrogen-bond acceptors (Lipinski definition) is 9. The van der Waals surface area contributed by atoms with Gasteiger partial charge in [-0.1, -0.05) is 23.1 Å². The molecule has 2 fully saturated rings. The molecule has 2 aromatic rings. The SMILES string of the molecule is CSc1nnc(N2CCN(c3ccc(N4CC(CNC(C)=O)OC4=O)cc3F)CC2)s1. The third kappa shape index (κ3) is 4.85. The van der Waals surface area contributed by atoms with Crippen molar-refractivity contribution in [2.75, 3.05) is 60.2 Å². The van der Waals surface area contributed by atoms with E-state index in [4.69, 9.17) is 4.74 Å². The minimum Gasteiger partial charge on any atom is -0.442 e. The van der Waals surface area contributed by atoms with Crippen LogP contribution in [0.3, 0.4) is 0 Å². The molecule has 1 aromatic carbocycles. The molecule has 1 N–H and O–H groups in total. The zero-order valence-corrected chi connectivity index (χ0v) is 18.8. The quantitative estimate of drug-likeness (QED) is 0.648. The number of carbonyl (C=O) groups is 2. The van der Waals surface area contributed by atoms with E-state index in [1.54, 1.807) is 35.2 Å². The first-order valence-corrected chi connectivity index (χ1v) is 11.9. The Bertz CT molecular complexity index is 966. The summed E-state index contributed by atoms with van der Waals surface area (Å²) >= 11 is 3.13. The summed E-state index contributed by atoms with van der Waals surface area (Å²) < 4.78 is 21.1. The maximum atomic E-state index is 14.9. The van der Waals surface area contributed by atoms with Crippen LogP contribution in [-0.4, -0.2) is 73.8 Å². The predicted octanol–water partition coefficient (Wildman–Crippen LogP) is 2.19. The van der Waals surface area contributed by atoms with Crippen LogP contribution in [-0.2, 0) is 9.53 Å². The van der Waals surface area contributed by atoms with Crippen molar-refractivity contribution in [2.24, 2.45) is 0 Å². The Hall–Kier alpha value is -2.60. The fourth-order valence-electron chi connectivity index (χ4n) is 3.57. The zero-order chi connectivity index (χ0) is 22.0. The lowest BCUT2D eigenvalue weighted by molar-refractivity contribution is -0.119. The zero-order valence-electron chi connectivity index (χ0n) is 17.2. The summed E-state index contributed by atoms with van der Waals surface area (Å²) in [6.45, 7) is 4.68. The summed E-state index contributed by atoms with van der Waals surface area (Å²) in [5, 5.41) is 11.9. The van der Waals surface area contributed by atoms with E-state index in [0.29, 0.717) is 24.5 Å². The first-order chi connectivity index (χ1) is 14.9. The van der Waals surface area contributed by atoms with E-state index in [2.05, 4.69) is 20.4 Å². The van der Waals surface area contributed by atoms with Gasteiger partial charge in [0, 0.05) is 33.1 Å². The van der Waals surface area contributed by atoms with E-state index >= 15 is 0 Å².